The second-order valence-corrected chi connectivity index (χ2v) is 5.61. The minimum atomic E-state index is 0.798. The first-order valence-electron chi connectivity index (χ1n) is 6.57. The molecule has 0 heterocycles. The van der Waals surface area contributed by atoms with E-state index in [-0.39, 0.29) is 0 Å². The van der Waals surface area contributed by atoms with Crippen molar-refractivity contribution in [2.45, 2.75) is 52.5 Å². The summed E-state index contributed by atoms with van der Waals surface area (Å²) in [6.07, 6.45) is 5.33. The van der Waals surface area contributed by atoms with Gasteiger partial charge in [0.25, 0.3) is 0 Å². The molecule has 1 rings (SSSR count). The number of nitrogens with zero attached hydrogens (tertiary/aromatic N) is 1. The van der Waals surface area contributed by atoms with Crippen molar-refractivity contribution in [1.82, 2.24) is 4.90 Å². The Bertz CT molecular complexity index is 164. The molecular weight excluding hydrogens is 184 g/mol. The molecule has 2 heteroatoms. The lowest BCUT2D eigenvalue weighted by molar-refractivity contribution is 0.199. The smallest absolute Gasteiger partial charge is 0.00966 e. The summed E-state index contributed by atoms with van der Waals surface area (Å²) in [4.78, 5) is 2.70. The summed E-state index contributed by atoms with van der Waals surface area (Å²) < 4.78 is 0. The normalized spacial score (nSPS) is 18.8. The molecule has 0 aromatic rings. The SMILES string of the molecule is CC(C)CN(CC(C)CCCN)C1CC1. The summed E-state index contributed by atoms with van der Waals surface area (Å²) in [5, 5.41) is 0. The van der Waals surface area contributed by atoms with Gasteiger partial charge in [0, 0.05) is 19.1 Å². The monoisotopic (exact) mass is 212 g/mol. The Hall–Kier alpha value is -0.0800. The van der Waals surface area contributed by atoms with Gasteiger partial charge >= 0.3 is 0 Å². The average molecular weight is 212 g/mol. The molecule has 90 valence electrons. The predicted molar refractivity (Wildman–Crippen MR) is 66.9 cm³/mol. The lowest BCUT2D eigenvalue weighted by Gasteiger charge is -2.27. The maximum Gasteiger partial charge on any atom is 0.00966 e. The van der Waals surface area contributed by atoms with Crippen molar-refractivity contribution >= 4 is 0 Å². The predicted octanol–water partition coefficient (Wildman–Crippen LogP) is 2.48. The molecule has 1 saturated carbocycles. The number of nitrogens with two attached hydrogens (primary N) is 1. The largest absolute Gasteiger partial charge is 0.330 e. The first kappa shape index (κ1) is 13.0. The Morgan fingerprint density at radius 2 is 1.87 bits per heavy atom. The lowest BCUT2D eigenvalue weighted by atomic mass is 10.0. The van der Waals surface area contributed by atoms with Gasteiger partial charge in [-0.15, -0.1) is 0 Å². The van der Waals surface area contributed by atoms with Crippen molar-refractivity contribution in [3.63, 3.8) is 0 Å². The quantitative estimate of drug-likeness (QED) is 0.670. The average Bonchev–Trinajstić information content (AvgIpc) is 2.96. The van der Waals surface area contributed by atoms with Gasteiger partial charge in [0.2, 0.25) is 0 Å². The fourth-order valence-electron chi connectivity index (χ4n) is 2.24. The molecule has 1 unspecified atom stereocenters. The summed E-state index contributed by atoms with van der Waals surface area (Å²) in [6, 6.07) is 0.910. The van der Waals surface area contributed by atoms with Crippen LogP contribution >= 0.6 is 0 Å². The molecule has 0 aliphatic heterocycles. The van der Waals surface area contributed by atoms with Crippen molar-refractivity contribution in [3.8, 4) is 0 Å². The van der Waals surface area contributed by atoms with Gasteiger partial charge in [-0.25, -0.2) is 0 Å². The Labute approximate surface area is 95.2 Å². The second kappa shape index (κ2) is 6.49. The third-order valence-electron chi connectivity index (χ3n) is 3.11. The van der Waals surface area contributed by atoms with Crippen molar-refractivity contribution < 1.29 is 0 Å². The molecule has 1 aliphatic carbocycles. The van der Waals surface area contributed by atoms with Crippen LogP contribution in [0.2, 0.25) is 0 Å². The van der Waals surface area contributed by atoms with Crippen molar-refractivity contribution in [1.29, 1.82) is 0 Å². The van der Waals surface area contributed by atoms with Gasteiger partial charge in [0.05, 0.1) is 0 Å². The van der Waals surface area contributed by atoms with Gasteiger partial charge in [0.1, 0.15) is 0 Å². The van der Waals surface area contributed by atoms with E-state index in [2.05, 4.69) is 25.7 Å². The van der Waals surface area contributed by atoms with Gasteiger partial charge in [0.15, 0.2) is 0 Å². The molecule has 1 fully saturated rings. The van der Waals surface area contributed by atoms with E-state index in [9.17, 15) is 0 Å². The van der Waals surface area contributed by atoms with Gasteiger partial charge < -0.3 is 5.73 Å². The summed E-state index contributed by atoms with van der Waals surface area (Å²) in [5.41, 5.74) is 5.55. The number of hydrogen-bond acceptors (Lipinski definition) is 2. The van der Waals surface area contributed by atoms with E-state index in [1.165, 1.54) is 38.8 Å². The maximum atomic E-state index is 5.55. The van der Waals surface area contributed by atoms with E-state index in [0.29, 0.717) is 0 Å². The standard InChI is InChI=1S/C13H28N2/c1-11(2)9-15(13-6-7-13)10-12(3)5-4-8-14/h11-13H,4-10,14H2,1-3H3. The van der Waals surface area contributed by atoms with Gasteiger partial charge in [-0.1, -0.05) is 20.8 Å². The summed E-state index contributed by atoms with van der Waals surface area (Å²) in [7, 11) is 0. The number of hydrogen-bond donors (Lipinski definition) is 1. The van der Waals surface area contributed by atoms with E-state index in [0.717, 1.165) is 24.4 Å². The molecule has 0 aromatic carbocycles. The highest BCUT2D eigenvalue weighted by atomic mass is 15.2. The molecular formula is C13H28N2. The highest BCUT2D eigenvalue weighted by Crippen LogP contribution is 2.28. The summed E-state index contributed by atoms with van der Waals surface area (Å²) in [6.45, 7) is 10.4. The molecule has 1 atom stereocenters. The van der Waals surface area contributed by atoms with E-state index < -0.39 is 0 Å². The molecule has 15 heavy (non-hydrogen) atoms. The molecule has 0 amide bonds. The first-order chi connectivity index (χ1) is 7.13. The lowest BCUT2D eigenvalue weighted by Crippen LogP contribution is -2.34. The second-order valence-electron chi connectivity index (χ2n) is 5.61. The zero-order valence-corrected chi connectivity index (χ0v) is 10.7. The fraction of sp³-hybridized carbons (Fsp3) is 1.00. The minimum absolute atomic E-state index is 0.798. The van der Waals surface area contributed by atoms with Crippen LogP contribution in [0.25, 0.3) is 0 Å². The topological polar surface area (TPSA) is 29.3 Å². The molecule has 0 aromatic heterocycles. The molecule has 0 saturated heterocycles. The summed E-state index contributed by atoms with van der Waals surface area (Å²) >= 11 is 0. The van der Waals surface area contributed by atoms with Crippen molar-refractivity contribution in [2.24, 2.45) is 17.6 Å². The van der Waals surface area contributed by atoms with Crippen molar-refractivity contribution in [2.75, 3.05) is 19.6 Å². The van der Waals surface area contributed by atoms with Crippen LogP contribution in [-0.4, -0.2) is 30.6 Å². The van der Waals surface area contributed by atoms with Gasteiger partial charge in [-0.2, -0.15) is 0 Å². The minimum Gasteiger partial charge on any atom is -0.330 e. The Kier molecular flexibility index (Phi) is 5.62. The third kappa shape index (κ3) is 5.53. The van der Waals surface area contributed by atoms with Crippen LogP contribution < -0.4 is 5.73 Å². The van der Waals surface area contributed by atoms with Gasteiger partial charge in [-0.3, -0.25) is 4.90 Å². The Balaban J connectivity index is 2.23. The molecule has 0 bridgehead atoms. The van der Waals surface area contributed by atoms with Crippen LogP contribution in [0.15, 0.2) is 0 Å². The first-order valence-corrected chi connectivity index (χ1v) is 6.57. The van der Waals surface area contributed by atoms with Crippen LogP contribution in [0.3, 0.4) is 0 Å². The van der Waals surface area contributed by atoms with Gasteiger partial charge in [-0.05, 0) is 44.1 Å². The van der Waals surface area contributed by atoms with E-state index >= 15 is 0 Å². The zero-order valence-electron chi connectivity index (χ0n) is 10.7. The van der Waals surface area contributed by atoms with Crippen LogP contribution in [0.1, 0.15) is 46.5 Å². The Morgan fingerprint density at radius 1 is 1.20 bits per heavy atom. The molecule has 1 aliphatic rings. The number of rotatable bonds is 8. The highest BCUT2D eigenvalue weighted by Gasteiger charge is 2.29. The van der Waals surface area contributed by atoms with Crippen LogP contribution in [0, 0.1) is 11.8 Å². The van der Waals surface area contributed by atoms with E-state index in [4.69, 9.17) is 5.73 Å². The highest BCUT2D eigenvalue weighted by molar-refractivity contribution is 4.85. The summed E-state index contributed by atoms with van der Waals surface area (Å²) in [5.74, 6) is 1.61. The fourth-order valence-corrected chi connectivity index (χ4v) is 2.24. The maximum absolute atomic E-state index is 5.55. The van der Waals surface area contributed by atoms with Crippen molar-refractivity contribution in [3.05, 3.63) is 0 Å². The third-order valence-corrected chi connectivity index (χ3v) is 3.11. The molecule has 0 spiro atoms. The molecule has 0 radical (unpaired) electrons. The zero-order chi connectivity index (χ0) is 11.3. The van der Waals surface area contributed by atoms with E-state index in [1.807, 2.05) is 0 Å². The Morgan fingerprint density at radius 3 is 2.33 bits per heavy atom. The van der Waals surface area contributed by atoms with Crippen LogP contribution in [0.4, 0.5) is 0 Å². The van der Waals surface area contributed by atoms with Crippen LogP contribution in [-0.2, 0) is 0 Å². The molecule has 2 N–H and O–H groups in total. The molecule has 2 nitrogen and oxygen atoms in total. The van der Waals surface area contributed by atoms with E-state index in [1.54, 1.807) is 0 Å². The van der Waals surface area contributed by atoms with Crippen LogP contribution in [0.5, 0.6) is 0 Å².